The van der Waals surface area contributed by atoms with Gasteiger partial charge in [-0.2, -0.15) is 5.10 Å². The van der Waals surface area contributed by atoms with E-state index in [0.717, 1.165) is 18.5 Å². The van der Waals surface area contributed by atoms with Crippen molar-refractivity contribution in [2.75, 3.05) is 13.1 Å². The Kier molecular flexibility index (Phi) is 5.38. The van der Waals surface area contributed by atoms with Crippen LogP contribution < -0.4 is 0 Å². The highest BCUT2D eigenvalue weighted by Crippen LogP contribution is 2.23. The van der Waals surface area contributed by atoms with Crippen molar-refractivity contribution >= 4 is 23.5 Å². The number of carboxylic acids is 1. The summed E-state index contributed by atoms with van der Waals surface area (Å²) in [4.78, 5) is 25.2. The lowest BCUT2D eigenvalue weighted by Crippen LogP contribution is -2.40. The molecule has 1 aromatic heterocycles. The van der Waals surface area contributed by atoms with Gasteiger partial charge >= 0.3 is 5.97 Å². The normalized spacial score (nSPS) is 17.5. The molecule has 1 aliphatic heterocycles. The lowest BCUT2D eigenvalue weighted by molar-refractivity contribution is -0.137. The summed E-state index contributed by atoms with van der Waals surface area (Å²) in [7, 11) is 0. The van der Waals surface area contributed by atoms with Crippen molar-refractivity contribution in [3.63, 3.8) is 0 Å². The Labute approximate surface area is 151 Å². The Hall–Kier alpha value is -2.34. The van der Waals surface area contributed by atoms with Crippen molar-refractivity contribution in [1.82, 2.24) is 14.7 Å². The molecule has 2 heterocycles. The van der Waals surface area contributed by atoms with Crippen LogP contribution >= 0.6 is 11.6 Å². The largest absolute Gasteiger partial charge is 0.481 e. The van der Waals surface area contributed by atoms with Crippen molar-refractivity contribution in [3.05, 3.63) is 47.2 Å². The van der Waals surface area contributed by atoms with Crippen molar-refractivity contribution in [1.29, 1.82) is 0 Å². The standard InChI is InChI=1S/C18H20ClN3O3/c19-14-5-1-2-6-16(14)22-11-9-15(20-22)18(25)21-10-3-4-13(12-21)7-8-17(23)24/h1-2,5-6,9,11,13H,3-4,7-8,10,12H2,(H,23,24)/t13-/m0/s1. The Balaban J connectivity index is 1.69. The van der Waals surface area contributed by atoms with Crippen LogP contribution in [0.5, 0.6) is 0 Å². The first-order valence-corrected chi connectivity index (χ1v) is 8.74. The van der Waals surface area contributed by atoms with E-state index in [4.69, 9.17) is 16.7 Å². The summed E-state index contributed by atoms with van der Waals surface area (Å²) < 4.78 is 1.60. The summed E-state index contributed by atoms with van der Waals surface area (Å²) in [5.74, 6) is -0.674. The zero-order valence-corrected chi connectivity index (χ0v) is 14.5. The van der Waals surface area contributed by atoms with Crippen LogP contribution in [0.4, 0.5) is 0 Å². The molecule has 2 aromatic rings. The van der Waals surface area contributed by atoms with Gasteiger partial charge in [-0.25, -0.2) is 4.68 Å². The molecular weight excluding hydrogens is 342 g/mol. The third kappa shape index (κ3) is 4.20. The first-order chi connectivity index (χ1) is 12.0. The molecule has 0 spiro atoms. The van der Waals surface area contributed by atoms with E-state index in [2.05, 4.69) is 5.10 Å². The fourth-order valence-electron chi connectivity index (χ4n) is 3.18. The Bertz CT molecular complexity index is 774. The number of aliphatic carboxylic acids is 1. The number of aromatic nitrogens is 2. The van der Waals surface area contributed by atoms with Gasteiger partial charge in [0.05, 0.1) is 10.7 Å². The van der Waals surface area contributed by atoms with Crippen molar-refractivity contribution in [2.45, 2.75) is 25.7 Å². The Morgan fingerprint density at radius 2 is 2.08 bits per heavy atom. The van der Waals surface area contributed by atoms with Crippen LogP contribution in [0.3, 0.4) is 0 Å². The molecule has 1 aliphatic rings. The van der Waals surface area contributed by atoms with Crippen LogP contribution in [0.25, 0.3) is 5.69 Å². The van der Waals surface area contributed by atoms with Gasteiger partial charge in [-0.05, 0) is 43.4 Å². The fourth-order valence-corrected chi connectivity index (χ4v) is 3.41. The van der Waals surface area contributed by atoms with Gasteiger partial charge in [-0.3, -0.25) is 9.59 Å². The highest BCUT2D eigenvalue weighted by Gasteiger charge is 2.26. The van der Waals surface area contributed by atoms with E-state index >= 15 is 0 Å². The van der Waals surface area contributed by atoms with Crippen LogP contribution in [0, 0.1) is 5.92 Å². The number of rotatable bonds is 5. The lowest BCUT2D eigenvalue weighted by Gasteiger charge is -2.32. The number of piperidine rings is 1. The average molecular weight is 362 g/mol. The number of amides is 1. The molecule has 1 aromatic carbocycles. The van der Waals surface area contributed by atoms with E-state index in [-0.39, 0.29) is 18.2 Å². The minimum atomic E-state index is -0.790. The minimum Gasteiger partial charge on any atom is -0.481 e. The van der Waals surface area contributed by atoms with Crippen LogP contribution in [0.15, 0.2) is 36.5 Å². The second-order valence-electron chi connectivity index (χ2n) is 6.29. The predicted molar refractivity (Wildman–Crippen MR) is 94.1 cm³/mol. The molecule has 0 saturated carbocycles. The van der Waals surface area contributed by atoms with Crippen LogP contribution in [0.1, 0.15) is 36.2 Å². The first-order valence-electron chi connectivity index (χ1n) is 8.36. The van der Waals surface area contributed by atoms with Gasteiger partial charge in [0.25, 0.3) is 5.91 Å². The molecule has 1 N–H and O–H groups in total. The highest BCUT2D eigenvalue weighted by molar-refractivity contribution is 6.32. The van der Waals surface area contributed by atoms with Crippen molar-refractivity contribution < 1.29 is 14.7 Å². The van der Waals surface area contributed by atoms with Crippen LogP contribution in [-0.2, 0) is 4.79 Å². The molecular formula is C18H20ClN3O3. The van der Waals surface area contributed by atoms with Crippen molar-refractivity contribution in [3.8, 4) is 5.69 Å². The molecule has 132 valence electrons. The highest BCUT2D eigenvalue weighted by atomic mass is 35.5. The Morgan fingerprint density at radius 1 is 1.28 bits per heavy atom. The molecule has 0 unspecified atom stereocenters. The molecule has 6 nitrogen and oxygen atoms in total. The summed E-state index contributed by atoms with van der Waals surface area (Å²) in [6, 6.07) is 9.01. The lowest BCUT2D eigenvalue weighted by atomic mass is 9.93. The second kappa shape index (κ2) is 7.70. The maximum atomic E-state index is 12.7. The van der Waals surface area contributed by atoms with E-state index < -0.39 is 5.97 Å². The second-order valence-corrected chi connectivity index (χ2v) is 6.70. The third-order valence-corrected chi connectivity index (χ3v) is 4.80. The number of benzene rings is 1. The quantitative estimate of drug-likeness (QED) is 0.887. The van der Waals surface area contributed by atoms with Gasteiger partial charge in [-0.15, -0.1) is 0 Å². The molecule has 7 heteroatoms. The number of nitrogens with zero attached hydrogens (tertiary/aromatic N) is 3. The number of hydrogen-bond donors (Lipinski definition) is 1. The zero-order valence-electron chi connectivity index (χ0n) is 13.8. The number of hydrogen-bond acceptors (Lipinski definition) is 3. The van der Waals surface area contributed by atoms with Gasteiger partial charge in [-0.1, -0.05) is 23.7 Å². The van der Waals surface area contributed by atoms with Crippen molar-refractivity contribution in [2.24, 2.45) is 5.92 Å². The van der Waals surface area contributed by atoms with E-state index in [1.807, 2.05) is 18.2 Å². The minimum absolute atomic E-state index is 0.120. The predicted octanol–water partition coefficient (Wildman–Crippen LogP) is 3.24. The molecule has 1 amide bonds. The van der Waals surface area contributed by atoms with Gasteiger partial charge in [0.2, 0.25) is 0 Å². The molecule has 0 bridgehead atoms. The Morgan fingerprint density at radius 3 is 2.84 bits per heavy atom. The maximum absolute atomic E-state index is 12.7. The third-order valence-electron chi connectivity index (χ3n) is 4.48. The van der Waals surface area contributed by atoms with Gasteiger partial charge in [0.1, 0.15) is 0 Å². The molecule has 25 heavy (non-hydrogen) atoms. The molecule has 0 aliphatic carbocycles. The van der Waals surface area contributed by atoms with Gasteiger partial charge < -0.3 is 10.0 Å². The number of halogens is 1. The van der Waals surface area contributed by atoms with Gasteiger partial charge in [0.15, 0.2) is 5.69 Å². The average Bonchev–Trinajstić information content (AvgIpc) is 3.10. The summed E-state index contributed by atoms with van der Waals surface area (Å²) in [5.41, 5.74) is 1.10. The number of para-hydroxylation sites is 1. The molecule has 1 atom stereocenters. The zero-order chi connectivity index (χ0) is 17.8. The summed E-state index contributed by atoms with van der Waals surface area (Å²) in [6.45, 7) is 1.27. The van der Waals surface area contributed by atoms with E-state index in [1.54, 1.807) is 27.9 Å². The summed E-state index contributed by atoms with van der Waals surface area (Å²) in [6.07, 6.45) is 4.33. The summed E-state index contributed by atoms with van der Waals surface area (Å²) in [5, 5.41) is 13.8. The maximum Gasteiger partial charge on any atom is 0.303 e. The monoisotopic (exact) mass is 361 g/mol. The molecule has 1 fully saturated rings. The van der Waals surface area contributed by atoms with E-state index in [9.17, 15) is 9.59 Å². The molecule has 3 rings (SSSR count). The molecule has 0 radical (unpaired) electrons. The van der Waals surface area contributed by atoms with Crippen LogP contribution in [-0.4, -0.2) is 44.8 Å². The number of likely N-dealkylation sites (tertiary alicyclic amines) is 1. The fraction of sp³-hybridized carbons (Fsp3) is 0.389. The van der Waals surface area contributed by atoms with E-state index in [0.29, 0.717) is 30.2 Å². The van der Waals surface area contributed by atoms with Gasteiger partial charge in [0, 0.05) is 25.7 Å². The van der Waals surface area contributed by atoms with E-state index in [1.165, 1.54) is 0 Å². The SMILES string of the molecule is O=C(O)CC[C@@H]1CCCN(C(=O)c2ccn(-c3ccccc3Cl)n2)C1. The number of carboxylic acid groups (broad SMARTS) is 1. The van der Waals surface area contributed by atoms with Crippen LogP contribution in [0.2, 0.25) is 5.02 Å². The number of carbonyl (C=O) groups excluding carboxylic acids is 1. The molecule has 1 saturated heterocycles. The summed E-state index contributed by atoms with van der Waals surface area (Å²) >= 11 is 6.17. The smallest absolute Gasteiger partial charge is 0.303 e. The number of carbonyl (C=O) groups is 2. The topological polar surface area (TPSA) is 75.4 Å². The first kappa shape index (κ1) is 17.5.